The summed E-state index contributed by atoms with van der Waals surface area (Å²) >= 11 is 1.79. The molecule has 1 heterocycles. The molecule has 0 amide bonds. The molecule has 72 valence electrons. The van der Waals surface area contributed by atoms with Gasteiger partial charge < -0.3 is 5.73 Å². The zero-order chi connectivity index (χ0) is 9.68. The van der Waals surface area contributed by atoms with Crippen molar-refractivity contribution in [2.45, 2.75) is 25.4 Å². The predicted molar refractivity (Wildman–Crippen MR) is 57.7 cm³/mol. The summed E-state index contributed by atoms with van der Waals surface area (Å²) in [4.78, 5) is 4.40. The Balaban J connectivity index is 2.56. The second-order valence-corrected chi connectivity index (χ2v) is 4.42. The molecule has 3 heteroatoms. The first kappa shape index (κ1) is 10.5. The summed E-state index contributed by atoms with van der Waals surface area (Å²) in [6.45, 7) is 4.94. The van der Waals surface area contributed by atoms with E-state index in [1.807, 2.05) is 18.2 Å². The van der Waals surface area contributed by atoms with Crippen LogP contribution in [0, 0.1) is 5.92 Å². The van der Waals surface area contributed by atoms with Gasteiger partial charge in [0.1, 0.15) is 0 Å². The zero-order valence-corrected chi connectivity index (χ0v) is 8.97. The Morgan fingerprint density at radius 2 is 2.23 bits per heavy atom. The van der Waals surface area contributed by atoms with Crippen LogP contribution in [0.25, 0.3) is 0 Å². The van der Waals surface area contributed by atoms with Gasteiger partial charge in [-0.1, -0.05) is 19.9 Å². The number of pyridine rings is 1. The molecule has 2 nitrogen and oxygen atoms in total. The van der Waals surface area contributed by atoms with Crippen molar-refractivity contribution in [3.8, 4) is 0 Å². The Bertz CT molecular complexity index is 261. The van der Waals surface area contributed by atoms with Crippen molar-refractivity contribution in [3.05, 3.63) is 23.9 Å². The van der Waals surface area contributed by atoms with Gasteiger partial charge in [-0.25, -0.2) is 4.98 Å². The third kappa shape index (κ3) is 3.79. The summed E-state index contributed by atoms with van der Waals surface area (Å²) in [5.41, 5.74) is 6.47. The lowest BCUT2D eigenvalue weighted by Gasteiger charge is -2.04. The average molecular weight is 196 g/mol. The van der Waals surface area contributed by atoms with Gasteiger partial charge in [0.25, 0.3) is 0 Å². The third-order valence-electron chi connectivity index (χ3n) is 1.55. The highest BCUT2D eigenvalue weighted by atomic mass is 32.2. The predicted octanol–water partition coefficient (Wildman–Crippen LogP) is 2.29. The number of nitrogens with two attached hydrogens (primary N) is 1. The molecule has 0 unspecified atom stereocenters. The van der Waals surface area contributed by atoms with E-state index < -0.39 is 0 Å². The highest BCUT2D eigenvalue weighted by molar-refractivity contribution is 7.99. The number of hydrogen-bond acceptors (Lipinski definition) is 3. The van der Waals surface area contributed by atoms with Crippen molar-refractivity contribution in [1.29, 1.82) is 0 Å². The molecule has 1 aromatic rings. The van der Waals surface area contributed by atoms with E-state index >= 15 is 0 Å². The van der Waals surface area contributed by atoms with Crippen LogP contribution in [0.1, 0.15) is 19.5 Å². The fourth-order valence-electron chi connectivity index (χ4n) is 0.904. The second kappa shape index (κ2) is 5.25. The number of rotatable bonds is 4. The molecule has 13 heavy (non-hydrogen) atoms. The highest BCUT2D eigenvalue weighted by Gasteiger charge is 1.99. The molecule has 0 spiro atoms. The van der Waals surface area contributed by atoms with Crippen LogP contribution in [-0.2, 0) is 6.54 Å². The van der Waals surface area contributed by atoms with Gasteiger partial charge in [0.2, 0.25) is 0 Å². The van der Waals surface area contributed by atoms with E-state index in [2.05, 4.69) is 18.8 Å². The molecule has 0 aliphatic rings. The van der Waals surface area contributed by atoms with Gasteiger partial charge in [-0.05, 0) is 18.1 Å². The number of hydrogen-bond donors (Lipinski definition) is 1. The van der Waals surface area contributed by atoms with E-state index in [-0.39, 0.29) is 0 Å². The molecule has 0 aliphatic heterocycles. The Morgan fingerprint density at radius 3 is 2.85 bits per heavy atom. The minimum absolute atomic E-state index is 0.524. The normalized spacial score (nSPS) is 10.8. The second-order valence-electron chi connectivity index (χ2n) is 3.38. The van der Waals surface area contributed by atoms with Crippen LogP contribution in [0.5, 0.6) is 0 Å². The number of thioether (sulfide) groups is 1. The minimum atomic E-state index is 0.524. The van der Waals surface area contributed by atoms with Crippen LogP contribution < -0.4 is 5.73 Å². The maximum Gasteiger partial charge on any atom is 0.0963 e. The lowest BCUT2D eigenvalue weighted by Crippen LogP contribution is -2.00. The first-order chi connectivity index (χ1) is 6.22. The minimum Gasteiger partial charge on any atom is -0.325 e. The van der Waals surface area contributed by atoms with Crippen molar-refractivity contribution >= 4 is 11.8 Å². The maximum absolute atomic E-state index is 5.50. The van der Waals surface area contributed by atoms with Gasteiger partial charge in [-0.2, -0.15) is 0 Å². The molecule has 0 fully saturated rings. The largest absolute Gasteiger partial charge is 0.325 e. The van der Waals surface area contributed by atoms with Crippen molar-refractivity contribution in [2.75, 3.05) is 5.75 Å². The number of aromatic nitrogens is 1. The lowest BCUT2D eigenvalue weighted by molar-refractivity contribution is 0.749. The molecular formula is C10H16N2S. The lowest BCUT2D eigenvalue weighted by atomic mass is 10.3. The fourth-order valence-corrected chi connectivity index (χ4v) is 1.76. The summed E-state index contributed by atoms with van der Waals surface area (Å²) in [7, 11) is 0. The van der Waals surface area contributed by atoms with Gasteiger partial charge in [-0.15, -0.1) is 11.8 Å². The van der Waals surface area contributed by atoms with E-state index in [0.29, 0.717) is 12.5 Å². The molecule has 1 rings (SSSR count). The fraction of sp³-hybridized carbons (Fsp3) is 0.500. The topological polar surface area (TPSA) is 38.9 Å². The van der Waals surface area contributed by atoms with E-state index in [0.717, 1.165) is 16.5 Å². The SMILES string of the molecule is CC(C)CSc1cccc(CN)n1. The first-order valence-corrected chi connectivity index (χ1v) is 5.49. The van der Waals surface area contributed by atoms with Crippen LogP contribution in [-0.4, -0.2) is 10.7 Å². The van der Waals surface area contributed by atoms with Gasteiger partial charge >= 0.3 is 0 Å². The molecule has 0 radical (unpaired) electrons. The monoisotopic (exact) mass is 196 g/mol. The summed E-state index contributed by atoms with van der Waals surface area (Å²) < 4.78 is 0. The Hall–Kier alpha value is -0.540. The summed E-state index contributed by atoms with van der Waals surface area (Å²) in [6, 6.07) is 6.00. The Morgan fingerprint density at radius 1 is 1.46 bits per heavy atom. The molecule has 0 aliphatic carbocycles. The molecule has 1 aromatic heterocycles. The molecule has 0 saturated heterocycles. The molecule has 2 N–H and O–H groups in total. The van der Waals surface area contributed by atoms with E-state index in [4.69, 9.17) is 5.73 Å². The van der Waals surface area contributed by atoms with Crippen LogP contribution in [0.3, 0.4) is 0 Å². The Labute approximate surface area is 83.9 Å². The molecule has 0 aromatic carbocycles. The summed E-state index contributed by atoms with van der Waals surface area (Å²) in [6.07, 6.45) is 0. The molecular weight excluding hydrogens is 180 g/mol. The van der Waals surface area contributed by atoms with Gasteiger partial charge in [0.05, 0.1) is 10.7 Å². The van der Waals surface area contributed by atoms with Gasteiger partial charge in [-0.3, -0.25) is 0 Å². The maximum atomic E-state index is 5.50. The molecule has 0 saturated carbocycles. The smallest absolute Gasteiger partial charge is 0.0963 e. The zero-order valence-electron chi connectivity index (χ0n) is 8.16. The van der Waals surface area contributed by atoms with Gasteiger partial charge in [0.15, 0.2) is 0 Å². The van der Waals surface area contributed by atoms with Crippen LogP contribution in [0.4, 0.5) is 0 Å². The Kier molecular flexibility index (Phi) is 4.25. The van der Waals surface area contributed by atoms with Crippen molar-refractivity contribution in [1.82, 2.24) is 4.98 Å². The van der Waals surface area contributed by atoms with Crippen molar-refractivity contribution in [3.63, 3.8) is 0 Å². The number of nitrogens with zero attached hydrogens (tertiary/aromatic N) is 1. The highest BCUT2D eigenvalue weighted by Crippen LogP contribution is 2.18. The van der Waals surface area contributed by atoms with Crippen LogP contribution >= 0.6 is 11.8 Å². The van der Waals surface area contributed by atoms with E-state index in [1.54, 1.807) is 11.8 Å². The summed E-state index contributed by atoms with van der Waals surface area (Å²) in [5, 5.41) is 1.08. The van der Waals surface area contributed by atoms with Crippen molar-refractivity contribution < 1.29 is 0 Å². The van der Waals surface area contributed by atoms with E-state index in [9.17, 15) is 0 Å². The molecule has 0 atom stereocenters. The van der Waals surface area contributed by atoms with Crippen molar-refractivity contribution in [2.24, 2.45) is 11.7 Å². The average Bonchev–Trinajstić information content (AvgIpc) is 2.15. The van der Waals surface area contributed by atoms with E-state index in [1.165, 1.54) is 0 Å². The quantitative estimate of drug-likeness (QED) is 0.751. The first-order valence-electron chi connectivity index (χ1n) is 4.51. The third-order valence-corrected chi connectivity index (χ3v) is 2.91. The van der Waals surface area contributed by atoms with Gasteiger partial charge in [0, 0.05) is 12.3 Å². The molecule has 0 bridgehead atoms. The summed E-state index contributed by atoms with van der Waals surface area (Å²) in [5.74, 6) is 1.81. The standard InChI is InChI=1S/C10H16N2S/c1-8(2)7-13-10-5-3-4-9(6-11)12-10/h3-5,8H,6-7,11H2,1-2H3. The van der Waals surface area contributed by atoms with Crippen LogP contribution in [0.2, 0.25) is 0 Å². The van der Waals surface area contributed by atoms with Crippen LogP contribution in [0.15, 0.2) is 23.2 Å².